The summed E-state index contributed by atoms with van der Waals surface area (Å²) in [7, 11) is 0. The molecule has 2 aromatic rings. The second kappa shape index (κ2) is 6.85. The first-order chi connectivity index (χ1) is 11.0. The number of nitrogens with zero attached hydrogens (tertiary/aromatic N) is 1. The molecule has 4 heteroatoms. The first-order valence-corrected chi connectivity index (χ1v) is 8.62. The van der Waals surface area contributed by atoms with Crippen LogP contribution in [-0.4, -0.2) is 22.3 Å². The molecule has 120 valence electrons. The summed E-state index contributed by atoms with van der Waals surface area (Å²) >= 11 is 3.52. The Morgan fingerprint density at radius 1 is 1.22 bits per heavy atom. The monoisotopic (exact) mass is 373 g/mol. The average molecular weight is 374 g/mol. The molecule has 0 bridgehead atoms. The van der Waals surface area contributed by atoms with Crippen molar-refractivity contribution in [2.45, 2.75) is 25.9 Å². The van der Waals surface area contributed by atoms with Crippen molar-refractivity contribution in [3.63, 3.8) is 0 Å². The van der Waals surface area contributed by atoms with Crippen LogP contribution < -0.4 is 0 Å². The van der Waals surface area contributed by atoms with Crippen molar-refractivity contribution in [3.8, 4) is 5.75 Å². The average Bonchev–Trinajstić information content (AvgIpc) is 2.53. The van der Waals surface area contributed by atoms with Crippen LogP contribution in [-0.2, 0) is 11.3 Å². The van der Waals surface area contributed by atoms with Crippen LogP contribution in [0.15, 0.2) is 53.0 Å². The Morgan fingerprint density at radius 2 is 1.96 bits per heavy atom. The fraction of sp³-hybridized carbons (Fsp3) is 0.316. The number of carbonyl (C=O) groups is 1. The summed E-state index contributed by atoms with van der Waals surface area (Å²) in [4.78, 5) is 14.6. The number of aromatic hydroxyl groups is 1. The van der Waals surface area contributed by atoms with Gasteiger partial charge in [-0.15, -0.1) is 0 Å². The van der Waals surface area contributed by atoms with Gasteiger partial charge in [0.05, 0.1) is 0 Å². The number of halogens is 1. The maximum atomic E-state index is 12.2. The molecule has 0 aliphatic carbocycles. The van der Waals surface area contributed by atoms with E-state index in [1.807, 2.05) is 31.2 Å². The highest BCUT2D eigenvalue weighted by atomic mass is 79.9. The van der Waals surface area contributed by atoms with E-state index in [4.69, 9.17) is 0 Å². The van der Waals surface area contributed by atoms with Crippen molar-refractivity contribution < 1.29 is 9.90 Å². The van der Waals surface area contributed by atoms with Crippen LogP contribution in [0.25, 0.3) is 0 Å². The lowest BCUT2D eigenvalue weighted by molar-refractivity contribution is -0.128. The molecule has 3 rings (SSSR count). The number of Topliss-reactive ketones (excluding diaryl/α,β-unsaturated/α-hetero) is 1. The third kappa shape index (κ3) is 3.82. The summed E-state index contributed by atoms with van der Waals surface area (Å²) in [6.45, 7) is 3.54. The summed E-state index contributed by atoms with van der Waals surface area (Å²) < 4.78 is 1.03. The van der Waals surface area contributed by atoms with Gasteiger partial charge >= 0.3 is 0 Å². The van der Waals surface area contributed by atoms with Crippen LogP contribution in [0, 0.1) is 5.92 Å². The second-order valence-corrected chi connectivity index (χ2v) is 7.15. The molecule has 23 heavy (non-hydrogen) atoms. The molecule has 1 aliphatic rings. The van der Waals surface area contributed by atoms with E-state index in [1.165, 1.54) is 5.56 Å². The molecule has 1 heterocycles. The highest BCUT2D eigenvalue weighted by Crippen LogP contribution is 2.33. The van der Waals surface area contributed by atoms with E-state index < -0.39 is 0 Å². The van der Waals surface area contributed by atoms with Crippen LogP contribution in [0.3, 0.4) is 0 Å². The fourth-order valence-corrected chi connectivity index (χ4v) is 3.57. The van der Waals surface area contributed by atoms with Crippen molar-refractivity contribution >= 4 is 21.7 Å². The Bertz CT molecular complexity index is 699. The van der Waals surface area contributed by atoms with E-state index in [0.29, 0.717) is 12.2 Å². The number of ketones is 1. The molecule has 1 saturated heterocycles. The number of carbonyl (C=O) groups excluding carboxylic acids is 1. The maximum Gasteiger partial charge on any atom is 0.138 e. The smallest absolute Gasteiger partial charge is 0.138 e. The number of benzene rings is 2. The quantitative estimate of drug-likeness (QED) is 0.871. The number of phenols is 1. The summed E-state index contributed by atoms with van der Waals surface area (Å²) in [5, 5.41) is 9.44. The van der Waals surface area contributed by atoms with E-state index in [1.54, 1.807) is 12.1 Å². The first-order valence-electron chi connectivity index (χ1n) is 7.83. The van der Waals surface area contributed by atoms with Gasteiger partial charge in [-0.3, -0.25) is 9.69 Å². The van der Waals surface area contributed by atoms with Gasteiger partial charge in [-0.2, -0.15) is 0 Å². The van der Waals surface area contributed by atoms with E-state index >= 15 is 0 Å². The largest absolute Gasteiger partial charge is 0.508 e. The summed E-state index contributed by atoms with van der Waals surface area (Å²) in [6.07, 6.45) is 0.551. The van der Waals surface area contributed by atoms with Gasteiger partial charge in [-0.1, -0.05) is 47.1 Å². The molecular weight excluding hydrogens is 354 g/mol. The van der Waals surface area contributed by atoms with Crippen molar-refractivity contribution in [2.24, 2.45) is 5.92 Å². The summed E-state index contributed by atoms with van der Waals surface area (Å²) in [6, 6.07) is 15.6. The molecule has 3 nitrogen and oxygen atoms in total. The van der Waals surface area contributed by atoms with E-state index in [9.17, 15) is 9.90 Å². The third-order valence-electron chi connectivity index (χ3n) is 4.45. The molecule has 1 aliphatic heterocycles. The second-order valence-electron chi connectivity index (χ2n) is 6.24. The summed E-state index contributed by atoms with van der Waals surface area (Å²) in [5.74, 6) is 0.673. The minimum absolute atomic E-state index is 0.0653. The van der Waals surface area contributed by atoms with Crippen molar-refractivity contribution in [1.29, 1.82) is 0 Å². The number of likely N-dealkylation sites (tertiary alicyclic amines) is 1. The van der Waals surface area contributed by atoms with Crippen LogP contribution in [0.1, 0.15) is 30.5 Å². The topological polar surface area (TPSA) is 40.5 Å². The number of hydrogen-bond donors (Lipinski definition) is 1. The van der Waals surface area contributed by atoms with E-state index in [2.05, 4.69) is 33.0 Å². The zero-order valence-corrected chi connectivity index (χ0v) is 14.7. The Labute approximate surface area is 145 Å². The molecule has 2 atom stereocenters. The zero-order chi connectivity index (χ0) is 16.4. The number of piperidine rings is 1. The Kier molecular flexibility index (Phi) is 4.83. The van der Waals surface area contributed by atoms with Gasteiger partial charge in [0.25, 0.3) is 0 Å². The molecular formula is C19H20BrNO2. The van der Waals surface area contributed by atoms with Crippen LogP contribution in [0.4, 0.5) is 0 Å². The third-order valence-corrected chi connectivity index (χ3v) is 4.94. The van der Waals surface area contributed by atoms with E-state index in [-0.39, 0.29) is 17.7 Å². The highest BCUT2D eigenvalue weighted by Gasteiger charge is 2.32. The standard InChI is InChI=1S/C19H20BrNO2/c1-13-11-21(12-14-5-7-17(22)8-6-14)18(10-19(13)23)15-3-2-4-16(20)9-15/h2-9,13,18,22H,10-12H2,1H3/t13-,18-/m0/s1. The number of rotatable bonds is 3. The molecule has 0 amide bonds. The van der Waals surface area contributed by atoms with Gasteiger partial charge < -0.3 is 5.11 Å². The fourth-order valence-electron chi connectivity index (χ4n) is 3.15. The Hall–Kier alpha value is -1.65. The molecule has 0 radical (unpaired) electrons. The molecule has 2 aromatic carbocycles. The molecule has 0 unspecified atom stereocenters. The first kappa shape index (κ1) is 16.2. The lowest BCUT2D eigenvalue weighted by atomic mass is 9.88. The molecule has 0 aromatic heterocycles. The SMILES string of the molecule is C[C@H]1CN(Cc2ccc(O)cc2)[C@H](c2cccc(Br)c2)CC1=O. The Morgan fingerprint density at radius 3 is 2.65 bits per heavy atom. The van der Waals surface area contributed by atoms with Gasteiger partial charge in [-0.25, -0.2) is 0 Å². The van der Waals surface area contributed by atoms with Crippen molar-refractivity contribution in [3.05, 3.63) is 64.1 Å². The van der Waals surface area contributed by atoms with Crippen LogP contribution in [0.2, 0.25) is 0 Å². The maximum absolute atomic E-state index is 12.2. The normalized spacial score (nSPS) is 22.3. The molecule has 0 spiro atoms. The molecule has 1 fully saturated rings. The molecule has 1 N–H and O–H groups in total. The van der Waals surface area contributed by atoms with Gasteiger partial charge in [-0.05, 0) is 35.4 Å². The zero-order valence-electron chi connectivity index (χ0n) is 13.1. The van der Waals surface area contributed by atoms with Gasteiger partial charge in [0.2, 0.25) is 0 Å². The minimum Gasteiger partial charge on any atom is -0.508 e. The van der Waals surface area contributed by atoms with Crippen molar-refractivity contribution in [1.82, 2.24) is 4.90 Å². The lowest BCUT2D eigenvalue weighted by Gasteiger charge is -2.38. The predicted octanol–water partition coefficient (Wildman–Crippen LogP) is 4.31. The van der Waals surface area contributed by atoms with Gasteiger partial charge in [0.15, 0.2) is 0 Å². The van der Waals surface area contributed by atoms with Crippen LogP contribution in [0.5, 0.6) is 5.75 Å². The van der Waals surface area contributed by atoms with Gasteiger partial charge in [0.1, 0.15) is 11.5 Å². The summed E-state index contributed by atoms with van der Waals surface area (Å²) in [5.41, 5.74) is 2.31. The predicted molar refractivity (Wildman–Crippen MR) is 94.2 cm³/mol. The van der Waals surface area contributed by atoms with Gasteiger partial charge in [0, 0.05) is 35.9 Å². The number of hydrogen-bond acceptors (Lipinski definition) is 3. The van der Waals surface area contributed by atoms with Crippen LogP contribution >= 0.6 is 15.9 Å². The Balaban J connectivity index is 1.87. The molecule has 0 saturated carbocycles. The lowest BCUT2D eigenvalue weighted by Crippen LogP contribution is -2.41. The highest BCUT2D eigenvalue weighted by molar-refractivity contribution is 9.10. The van der Waals surface area contributed by atoms with E-state index in [0.717, 1.165) is 23.1 Å². The minimum atomic E-state index is 0.0653. The number of phenolic OH excluding ortho intramolecular Hbond substituents is 1. The van der Waals surface area contributed by atoms with Crippen molar-refractivity contribution in [2.75, 3.05) is 6.54 Å².